The van der Waals surface area contributed by atoms with Crippen molar-refractivity contribution in [3.05, 3.63) is 12.2 Å². The van der Waals surface area contributed by atoms with Crippen LogP contribution in [0.25, 0.3) is 0 Å². The van der Waals surface area contributed by atoms with Crippen molar-refractivity contribution < 1.29 is 23.9 Å². The third kappa shape index (κ3) is 3.87. The number of hydrogen-bond acceptors (Lipinski definition) is 5. The first-order valence-corrected chi connectivity index (χ1v) is 5.64. The molecule has 0 aromatic heterocycles. The summed E-state index contributed by atoms with van der Waals surface area (Å²) in [5, 5.41) is 2.19. The van der Waals surface area contributed by atoms with Crippen molar-refractivity contribution in [3.8, 4) is 0 Å². The molecule has 0 spiro atoms. The standard InChI is InChI=1S/C12H19NO5/c1-5-12(13-8-14,10(15)17-6-2)11(16)18-7-9(3)4/h8H,3,5-7H2,1-2,4H3,(H,13,14). The third-order valence-electron chi connectivity index (χ3n) is 2.26. The highest BCUT2D eigenvalue weighted by Crippen LogP contribution is 2.15. The lowest BCUT2D eigenvalue weighted by molar-refractivity contribution is -0.167. The minimum Gasteiger partial charge on any atom is -0.464 e. The van der Waals surface area contributed by atoms with Crippen LogP contribution in [0.3, 0.4) is 0 Å². The summed E-state index contributed by atoms with van der Waals surface area (Å²) >= 11 is 0. The van der Waals surface area contributed by atoms with Crippen LogP contribution in [0.15, 0.2) is 12.2 Å². The van der Waals surface area contributed by atoms with Gasteiger partial charge in [-0.2, -0.15) is 0 Å². The highest BCUT2D eigenvalue weighted by atomic mass is 16.6. The van der Waals surface area contributed by atoms with Crippen LogP contribution in [-0.4, -0.2) is 37.1 Å². The van der Waals surface area contributed by atoms with Crippen molar-refractivity contribution in [2.24, 2.45) is 0 Å². The van der Waals surface area contributed by atoms with Gasteiger partial charge >= 0.3 is 11.9 Å². The average Bonchev–Trinajstić information content (AvgIpc) is 2.33. The van der Waals surface area contributed by atoms with Crippen molar-refractivity contribution >= 4 is 18.3 Å². The molecule has 0 saturated carbocycles. The molecule has 0 rings (SSSR count). The van der Waals surface area contributed by atoms with Crippen LogP contribution in [0.2, 0.25) is 0 Å². The van der Waals surface area contributed by atoms with Gasteiger partial charge in [0.25, 0.3) is 0 Å². The van der Waals surface area contributed by atoms with E-state index in [0.717, 1.165) is 0 Å². The molecule has 102 valence electrons. The molecule has 1 amide bonds. The smallest absolute Gasteiger partial charge is 0.344 e. The van der Waals surface area contributed by atoms with E-state index in [1.165, 1.54) is 0 Å². The normalized spacial score (nSPS) is 13.1. The number of ether oxygens (including phenoxy) is 2. The number of carbonyl (C=O) groups is 3. The van der Waals surface area contributed by atoms with Gasteiger partial charge in [-0.25, -0.2) is 9.59 Å². The maximum absolute atomic E-state index is 11.9. The minimum absolute atomic E-state index is 0.0134. The summed E-state index contributed by atoms with van der Waals surface area (Å²) < 4.78 is 9.71. The van der Waals surface area contributed by atoms with Crippen molar-refractivity contribution in [1.29, 1.82) is 0 Å². The Balaban J connectivity index is 5.04. The maximum atomic E-state index is 11.9. The second-order valence-corrected chi connectivity index (χ2v) is 3.77. The Morgan fingerprint density at radius 3 is 2.22 bits per heavy atom. The van der Waals surface area contributed by atoms with Crippen molar-refractivity contribution in [1.82, 2.24) is 5.32 Å². The van der Waals surface area contributed by atoms with Gasteiger partial charge in [0.05, 0.1) is 6.61 Å². The molecule has 18 heavy (non-hydrogen) atoms. The van der Waals surface area contributed by atoms with Gasteiger partial charge in [-0.3, -0.25) is 4.79 Å². The van der Waals surface area contributed by atoms with Crippen LogP contribution >= 0.6 is 0 Å². The molecule has 0 heterocycles. The fourth-order valence-electron chi connectivity index (χ4n) is 1.26. The molecule has 1 atom stereocenters. The van der Waals surface area contributed by atoms with Gasteiger partial charge in [-0.15, -0.1) is 0 Å². The zero-order chi connectivity index (χ0) is 14.2. The summed E-state index contributed by atoms with van der Waals surface area (Å²) in [7, 11) is 0. The second kappa shape index (κ2) is 7.47. The van der Waals surface area contributed by atoms with Gasteiger partial charge in [0.1, 0.15) is 6.61 Å². The largest absolute Gasteiger partial charge is 0.464 e. The van der Waals surface area contributed by atoms with E-state index < -0.39 is 17.5 Å². The second-order valence-electron chi connectivity index (χ2n) is 3.77. The summed E-state index contributed by atoms with van der Waals surface area (Å²) in [6, 6.07) is 0. The highest BCUT2D eigenvalue weighted by molar-refractivity contribution is 6.06. The molecule has 0 aliphatic heterocycles. The van der Waals surface area contributed by atoms with Crippen LogP contribution in [0.5, 0.6) is 0 Å². The number of carbonyl (C=O) groups excluding carboxylic acids is 3. The highest BCUT2D eigenvalue weighted by Gasteiger charge is 2.47. The lowest BCUT2D eigenvalue weighted by atomic mass is 9.96. The number of nitrogens with one attached hydrogen (secondary N) is 1. The summed E-state index contributed by atoms with van der Waals surface area (Å²) in [5.74, 6) is -1.68. The van der Waals surface area contributed by atoms with E-state index in [1.54, 1.807) is 20.8 Å². The molecular formula is C12H19NO5. The predicted molar refractivity (Wildman–Crippen MR) is 64.6 cm³/mol. The Morgan fingerprint density at radius 1 is 1.28 bits per heavy atom. The Hall–Kier alpha value is -1.85. The fourth-order valence-corrected chi connectivity index (χ4v) is 1.26. The lowest BCUT2D eigenvalue weighted by Crippen LogP contribution is -2.59. The summed E-state index contributed by atoms with van der Waals surface area (Å²) in [5.41, 5.74) is -1.16. The Bertz CT molecular complexity index is 339. The molecule has 0 aromatic carbocycles. The predicted octanol–water partition coefficient (Wildman–Crippen LogP) is 0.564. The summed E-state index contributed by atoms with van der Waals surface area (Å²) in [6.45, 7) is 8.54. The molecule has 1 N–H and O–H groups in total. The van der Waals surface area contributed by atoms with Crippen LogP contribution in [0.1, 0.15) is 27.2 Å². The molecule has 0 fully saturated rings. The molecule has 0 bridgehead atoms. The maximum Gasteiger partial charge on any atom is 0.344 e. The Labute approximate surface area is 106 Å². The van der Waals surface area contributed by atoms with Gasteiger partial charge < -0.3 is 14.8 Å². The molecule has 0 aliphatic rings. The van der Waals surface area contributed by atoms with E-state index in [9.17, 15) is 14.4 Å². The average molecular weight is 257 g/mol. The van der Waals surface area contributed by atoms with Crippen molar-refractivity contribution in [2.75, 3.05) is 13.2 Å². The van der Waals surface area contributed by atoms with Crippen LogP contribution < -0.4 is 5.32 Å². The molecule has 1 unspecified atom stereocenters. The SMILES string of the molecule is C=C(C)COC(=O)C(CC)(NC=O)C(=O)OCC. The van der Waals surface area contributed by atoms with E-state index in [0.29, 0.717) is 5.57 Å². The number of hydrogen-bond donors (Lipinski definition) is 1. The topological polar surface area (TPSA) is 81.7 Å². The summed E-state index contributed by atoms with van der Waals surface area (Å²) in [4.78, 5) is 34.3. The number of amides is 1. The van der Waals surface area contributed by atoms with E-state index in [2.05, 4.69) is 11.9 Å². The molecule has 6 nitrogen and oxygen atoms in total. The lowest BCUT2D eigenvalue weighted by Gasteiger charge is -2.27. The van der Waals surface area contributed by atoms with Gasteiger partial charge in [-0.1, -0.05) is 13.5 Å². The molecule has 0 saturated heterocycles. The monoisotopic (exact) mass is 257 g/mol. The third-order valence-corrected chi connectivity index (χ3v) is 2.26. The first-order valence-electron chi connectivity index (χ1n) is 5.64. The number of esters is 2. The molecule has 0 aromatic rings. The van der Waals surface area contributed by atoms with E-state index in [4.69, 9.17) is 9.47 Å². The summed E-state index contributed by atoms with van der Waals surface area (Å²) in [6.07, 6.45) is 0.321. The minimum atomic E-state index is -1.78. The van der Waals surface area contributed by atoms with Gasteiger partial charge in [0, 0.05) is 0 Å². The van der Waals surface area contributed by atoms with Crippen LogP contribution in [-0.2, 0) is 23.9 Å². The Morgan fingerprint density at radius 2 is 1.83 bits per heavy atom. The quantitative estimate of drug-likeness (QED) is 0.297. The van der Waals surface area contributed by atoms with E-state index in [1.807, 2.05) is 0 Å². The first kappa shape index (κ1) is 16.1. The molecular weight excluding hydrogens is 238 g/mol. The Kier molecular flexibility index (Phi) is 6.70. The van der Waals surface area contributed by atoms with Crippen LogP contribution in [0, 0.1) is 0 Å². The van der Waals surface area contributed by atoms with E-state index in [-0.39, 0.29) is 26.0 Å². The fraction of sp³-hybridized carbons (Fsp3) is 0.583. The van der Waals surface area contributed by atoms with Crippen LogP contribution in [0.4, 0.5) is 0 Å². The number of rotatable bonds is 8. The van der Waals surface area contributed by atoms with Crippen molar-refractivity contribution in [2.45, 2.75) is 32.7 Å². The molecule has 0 radical (unpaired) electrons. The molecule has 0 aliphatic carbocycles. The van der Waals surface area contributed by atoms with E-state index >= 15 is 0 Å². The van der Waals surface area contributed by atoms with Gasteiger partial charge in [0.2, 0.25) is 11.9 Å². The van der Waals surface area contributed by atoms with Gasteiger partial charge in [0.15, 0.2) is 0 Å². The van der Waals surface area contributed by atoms with Crippen molar-refractivity contribution in [3.63, 3.8) is 0 Å². The molecule has 6 heteroatoms. The first-order chi connectivity index (χ1) is 8.44. The zero-order valence-electron chi connectivity index (χ0n) is 10.9. The van der Waals surface area contributed by atoms with Gasteiger partial charge in [-0.05, 0) is 25.8 Å². The zero-order valence-corrected chi connectivity index (χ0v) is 10.9.